The van der Waals surface area contributed by atoms with Crippen LogP contribution in [0.15, 0.2) is 42.5 Å². The molecule has 0 bridgehead atoms. The second-order valence-corrected chi connectivity index (χ2v) is 7.01. The zero-order valence-corrected chi connectivity index (χ0v) is 14.5. The predicted octanol–water partition coefficient (Wildman–Crippen LogP) is 2.59. The van der Waals surface area contributed by atoms with Crippen molar-refractivity contribution in [3.8, 4) is 0 Å². The van der Waals surface area contributed by atoms with Gasteiger partial charge in [0.25, 0.3) is 0 Å². The van der Waals surface area contributed by atoms with Crippen LogP contribution in [-0.2, 0) is 16.1 Å². The highest BCUT2D eigenvalue weighted by Gasteiger charge is 2.44. The van der Waals surface area contributed by atoms with Gasteiger partial charge in [0.2, 0.25) is 5.91 Å². The number of rotatable bonds is 3. The Morgan fingerprint density at radius 1 is 1.04 bits per heavy atom. The molecule has 0 unspecified atom stereocenters. The Kier molecular flexibility index (Phi) is 4.88. The van der Waals surface area contributed by atoms with E-state index in [4.69, 9.17) is 4.74 Å². The summed E-state index contributed by atoms with van der Waals surface area (Å²) >= 11 is 0. The molecule has 4 rings (SSSR count). The second kappa shape index (κ2) is 7.32. The number of nitrogens with zero attached hydrogens (tertiary/aromatic N) is 1. The van der Waals surface area contributed by atoms with Crippen molar-refractivity contribution in [2.45, 2.75) is 24.6 Å². The van der Waals surface area contributed by atoms with Gasteiger partial charge in [-0.05, 0) is 35.4 Å². The Hall–Kier alpha value is -2.38. The van der Waals surface area contributed by atoms with E-state index in [1.54, 1.807) is 12.1 Å². The van der Waals surface area contributed by atoms with Gasteiger partial charge in [0.05, 0.1) is 12.1 Å². The number of halogens is 3. The van der Waals surface area contributed by atoms with E-state index in [0.717, 1.165) is 11.6 Å². The SMILES string of the molecule is O=C1CO[C@@H]2[C@@H](c3ccc(F)cc3)CN(Cc3cc(F)cc(F)c3)[C@@H]2CN1. The van der Waals surface area contributed by atoms with Gasteiger partial charge >= 0.3 is 0 Å². The van der Waals surface area contributed by atoms with Crippen LogP contribution in [0.2, 0.25) is 0 Å². The first-order chi connectivity index (χ1) is 13.0. The first-order valence-electron chi connectivity index (χ1n) is 8.82. The molecule has 0 radical (unpaired) electrons. The van der Waals surface area contributed by atoms with Crippen LogP contribution in [0.25, 0.3) is 0 Å². The maximum absolute atomic E-state index is 13.6. The summed E-state index contributed by atoms with van der Waals surface area (Å²) < 4.78 is 46.3. The van der Waals surface area contributed by atoms with Gasteiger partial charge in [-0.1, -0.05) is 12.1 Å². The summed E-state index contributed by atoms with van der Waals surface area (Å²) in [6.07, 6.45) is -0.271. The topological polar surface area (TPSA) is 41.6 Å². The molecule has 1 amide bonds. The molecule has 2 aliphatic rings. The molecule has 27 heavy (non-hydrogen) atoms. The first-order valence-corrected chi connectivity index (χ1v) is 8.82. The molecule has 7 heteroatoms. The Bertz CT molecular complexity index is 823. The molecule has 142 valence electrons. The highest BCUT2D eigenvalue weighted by Crippen LogP contribution is 2.36. The van der Waals surface area contributed by atoms with Gasteiger partial charge in [-0.25, -0.2) is 13.2 Å². The lowest BCUT2D eigenvalue weighted by Gasteiger charge is -2.26. The summed E-state index contributed by atoms with van der Waals surface area (Å²) in [5.41, 5.74) is 1.43. The number of hydrogen-bond acceptors (Lipinski definition) is 3. The van der Waals surface area contributed by atoms with Crippen molar-refractivity contribution in [2.24, 2.45) is 0 Å². The molecule has 2 aromatic carbocycles. The highest BCUT2D eigenvalue weighted by molar-refractivity contribution is 5.77. The molecule has 0 aliphatic carbocycles. The van der Waals surface area contributed by atoms with E-state index in [-0.39, 0.29) is 36.4 Å². The second-order valence-electron chi connectivity index (χ2n) is 7.01. The van der Waals surface area contributed by atoms with E-state index < -0.39 is 11.6 Å². The number of ether oxygens (including phenoxy) is 1. The Labute approximate surface area is 154 Å². The van der Waals surface area contributed by atoms with Crippen LogP contribution >= 0.6 is 0 Å². The first kappa shape index (κ1) is 18.0. The Morgan fingerprint density at radius 2 is 1.74 bits per heavy atom. The van der Waals surface area contributed by atoms with E-state index in [2.05, 4.69) is 10.2 Å². The van der Waals surface area contributed by atoms with Crippen molar-refractivity contribution in [3.05, 3.63) is 71.0 Å². The minimum Gasteiger partial charge on any atom is -0.366 e. The third kappa shape index (κ3) is 3.84. The summed E-state index contributed by atoms with van der Waals surface area (Å²) in [6, 6.07) is 9.53. The maximum Gasteiger partial charge on any atom is 0.246 e. The van der Waals surface area contributed by atoms with Crippen LogP contribution in [0.5, 0.6) is 0 Å². The number of likely N-dealkylation sites (tertiary alicyclic amines) is 1. The van der Waals surface area contributed by atoms with Crippen molar-refractivity contribution in [1.82, 2.24) is 10.2 Å². The average molecular weight is 376 g/mol. The molecular weight excluding hydrogens is 357 g/mol. The third-order valence-corrected chi connectivity index (χ3v) is 5.20. The van der Waals surface area contributed by atoms with Crippen molar-refractivity contribution in [1.29, 1.82) is 0 Å². The number of nitrogens with one attached hydrogen (secondary N) is 1. The van der Waals surface area contributed by atoms with Gasteiger partial charge in [-0.2, -0.15) is 0 Å². The molecule has 2 aromatic rings. The van der Waals surface area contributed by atoms with E-state index in [1.807, 2.05) is 0 Å². The molecule has 4 nitrogen and oxygen atoms in total. The molecule has 0 saturated carbocycles. The lowest BCUT2D eigenvalue weighted by Crippen LogP contribution is -2.42. The monoisotopic (exact) mass is 376 g/mol. The summed E-state index contributed by atoms with van der Waals surface area (Å²) in [5, 5.41) is 2.82. The van der Waals surface area contributed by atoms with Gasteiger partial charge in [0.15, 0.2) is 0 Å². The average Bonchev–Trinajstić information content (AvgIpc) is 2.82. The van der Waals surface area contributed by atoms with Gasteiger partial charge in [0, 0.05) is 31.6 Å². The molecule has 3 atom stereocenters. The molecule has 1 N–H and O–H groups in total. The zero-order valence-electron chi connectivity index (χ0n) is 14.5. The molecule has 2 saturated heterocycles. The van der Waals surface area contributed by atoms with E-state index >= 15 is 0 Å². The molecular formula is C20H19F3N2O2. The summed E-state index contributed by atoms with van der Waals surface area (Å²) in [6.45, 7) is 1.25. The van der Waals surface area contributed by atoms with Crippen molar-refractivity contribution in [3.63, 3.8) is 0 Å². The quantitative estimate of drug-likeness (QED) is 0.895. The normalized spacial score (nSPS) is 25.7. The molecule has 0 spiro atoms. The Morgan fingerprint density at radius 3 is 2.44 bits per heavy atom. The van der Waals surface area contributed by atoms with Crippen molar-refractivity contribution >= 4 is 5.91 Å². The van der Waals surface area contributed by atoms with Crippen LogP contribution in [-0.4, -0.2) is 42.6 Å². The zero-order chi connectivity index (χ0) is 19.0. The number of fused-ring (bicyclic) bond motifs is 1. The molecule has 0 aromatic heterocycles. The summed E-state index contributed by atoms with van der Waals surface area (Å²) in [7, 11) is 0. The summed E-state index contributed by atoms with van der Waals surface area (Å²) in [5.74, 6) is -1.83. The van der Waals surface area contributed by atoms with Gasteiger partial charge < -0.3 is 10.1 Å². The van der Waals surface area contributed by atoms with E-state index in [9.17, 15) is 18.0 Å². The Balaban J connectivity index is 1.62. The van der Waals surface area contributed by atoms with E-state index in [0.29, 0.717) is 25.2 Å². The predicted molar refractivity (Wildman–Crippen MR) is 92.4 cm³/mol. The lowest BCUT2D eigenvalue weighted by atomic mass is 9.93. The number of carbonyl (C=O) groups excluding carboxylic acids is 1. The number of hydrogen-bond donors (Lipinski definition) is 1. The number of benzene rings is 2. The smallest absolute Gasteiger partial charge is 0.246 e. The van der Waals surface area contributed by atoms with Crippen LogP contribution < -0.4 is 5.32 Å². The molecule has 2 fully saturated rings. The van der Waals surface area contributed by atoms with Crippen molar-refractivity contribution in [2.75, 3.05) is 19.7 Å². The van der Waals surface area contributed by atoms with Gasteiger partial charge in [-0.3, -0.25) is 9.69 Å². The minimum absolute atomic E-state index is 0.0404. The van der Waals surface area contributed by atoms with E-state index in [1.165, 1.54) is 24.3 Å². The standard InChI is InChI=1S/C20H19F3N2O2/c21-14-3-1-13(2-4-14)17-10-25(9-12-5-15(22)7-16(23)6-12)18-8-24-19(26)11-27-20(17)18/h1-7,17-18,20H,8-11H2,(H,24,26)/t17-,18-,20-/m1/s1. The largest absolute Gasteiger partial charge is 0.366 e. The fraction of sp³-hybridized carbons (Fsp3) is 0.350. The number of amides is 1. The van der Waals surface area contributed by atoms with Crippen LogP contribution in [0.4, 0.5) is 13.2 Å². The highest BCUT2D eigenvalue weighted by atomic mass is 19.1. The van der Waals surface area contributed by atoms with Gasteiger partial charge in [0.1, 0.15) is 24.1 Å². The van der Waals surface area contributed by atoms with Crippen molar-refractivity contribution < 1.29 is 22.7 Å². The van der Waals surface area contributed by atoms with Crippen LogP contribution in [0.1, 0.15) is 17.0 Å². The third-order valence-electron chi connectivity index (χ3n) is 5.20. The van der Waals surface area contributed by atoms with Crippen LogP contribution in [0, 0.1) is 17.5 Å². The lowest BCUT2D eigenvalue weighted by molar-refractivity contribution is -0.125. The molecule has 2 heterocycles. The van der Waals surface area contributed by atoms with Crippen LogP contribution in [0.3, 0.4) is 0 Å². The molecule has 2 aliphatic heterocycles. The maximum atomic E-state index is 13.6. The van der Waals surface area contributed by atoms with Gasteiger partial charge in [-0.15, -0.1) is 0 Å². The fourth-order valence-corrected chi connectivity index (χ4v) is 4.01. The number of carbonyl (C=O) groups is 1. The minimum atomic E-state index is -0.624. The fourth-order valence-electron chi connectivity index (χ4n) is 4.01. The summed E-state index contributed by atoms with van der Waals surface area (Å²) in [4.78, 5) is 13.8.